The number of ether oxygens (including phenoxy) is 3. The molecule has 0 spiro atoms. The Hall–Kier alpha value is -3.00. The Bertz CT molecular complexity index is 1260. The molecular weight excluding hydrogens is 600 g/mol. The molecule has 1 N–H and O–H groups in total. The molecule has 0 bridgehead atoms. The zero-order valence-electron chi connectivity index (χ0n) is 20.1. The minimum absolute atomic E-state index is 0.0646. The maximum absolute atomic E-state index is 13.1. The van der Waals surface area contributed by atoms with Crippen LogP contribution in [0.25, 0.3) is 0 Å². The van der Waals surface area contributed by atoms with E-state index < -0.39 is 41.7 Å². The number of amides is 2. The van der Waals surface area contributed by atoms with Crippen molar-refractivity contribution in [1.29, 1.82) is 0 Å². The monoisotopic (exact) mass is 622 g/mol. The van der Waals surface area contributed by atoms with E-state index in [0.717, 1.165) is 9.35 Å². The standard InChI is InChI=1S/C25H23BrN2O8S2/c1-34-22-23(32)28-21(25(33)36-12-18(29)14-4-6-16(26)7-5-14)15(13-38-24(22)28)11-35-20(31)10-27-19(30)9-17-3-2-8-37-17/h2-8,22,24H,9-13H2,1H3,(H,27,30)/t22-,24+/m1/s1. The summed E-state index contributed by atoms with van der Waals surface area (Å²) in [5.74, 6) is -2.47. The number of nitrogens with one attached hydrogen (secondary N) is 1. The summed E-state index contributed by atoms with van der Waals surface area (Å²) in [6.45, 7) is -1.16. The van der Waals surface area contributed by atoms with Gasteiger partial charge >= 0.3 is 11.9 Å². The summed E-state index contributed by atoms with van der Waals surface area (Å²) >= 11 is 6.09. The van der Waals surface area contributed by atoms with E-state index in [2.05, 4.69) is 21.2 Å². The molecule has 2 aliphatic heterocycles. The van der Waals surface area contributed by atoms with Crippen molar-refractivity contribution in [2.75, 3.05) is 32.6 Å². The second-order valence-electron chi connectivity index (χ2n) is 8.22. The first-order valence-electron chi connectivity index (χ1n) is 11.4. The van der Waals surface area contributed by atoms with Crippen LogP contribution in [0.1, 0.15) is 15.2 Å². The largest absolute Gasteiger partial charge is 0.460 e. The van der Waals surface area contributed by atoms with Crippen LogP contribution in [-0.4, -0.2) is 78.5 Å². The highest BCUT2D eigenvalue weighted by molar-refractivity contribution is 9.10. The number of hydrogen-bond donors (Lipinski definition) is 1. The molecule has 2 aromatic rings. The fourth-order valence-electron chi connectivity index (χ4n) is 3.77. The Kier molecular flexibility index (Phi) is 9.36. The Morgan fingerprint density at radius 2 is 1.89 bits per heavy atom. The predicted octanol–water partition coefficient (Wildman–Crippen LogP) is 2.32. The Morgan fingerprint density at radius 3 is 2.58 bits per heavy atom. The molecule has 0 aliphatic carbocycles. The average molecular weight is 624 g/mol. The molecule has 4 rings (SSSR count). The van der Waals surface area contributed by atoms with E-state index in [1.807, 2.05) is 17.5 Å². The van der Waals surface area contributed by atoms with Crippen LogP contribution in [0.4, 0.5) is 0 Å². The number of β-lactam (4-membered cyclic amide) rings is 1. The third-order valence-electron chi connectivity index (χ3n) is 5.70. The van der Waals surface area contributed by atoms with E-state index >= 15 is 0 Å². The molecule has 1 saturated heterocycles. The lowest BCUT2D eigenvalue weighted by molar-refractivity contribution is -0.163. The van der Waals surface area contributed by atoms with Crippen molar-refractivity contribution in [2.24, 2.45) is 0 Å². The molecule has 200 valence electrons. The molecule has 2 aliphatic rings. The second-order valence-corrected chi connectivity index (χ2v) is 11.3. The molecule has 2 atom stereocenters. The number of methoxy groups -OCH3 is 1. The van der Waals surface area contributed by atoms with Crippen LogP contribution in [0.15, 0.2) is 57.5 Å². The SMILES string of the molecule is CO[C@@H]1C(=O)N2C(C(=O)OCC(=O)c3ccc(Br)cc3)=C(COC(=O)CNC(=O)Cc3cccs3)CS[C@@H]12. The van der Waals surface area contributed by atoms with Crippen LogP contribution in [0.3, 0.4) is 0 Å². The highest BCUT2D eigenvalue weighted by Crippen LogP contribution is 2.41. The first-order chi connectivity index (χ1) is 18.3. The molecule has 0 radical (unpaired) electrons. The van der Waals surface area contributed by atoms with Gasteiger partial charge in [0.25, 0.3) is 5.91 Å². The summed E-state index contributed by atoms with van der Waals surface area (Å²) < 4.78 is 16.6. The van der Waals surface area contributed by atoms with E-state index in [-0.39, 0.29) is 36.9 Å². The number of fused-ring (bicyclic) bond motifs is 1. The molecule has 0 saturated carbocycles. The lowest BCUT2D eigenvalue weighted by atomic mass is 10.1. The maximum Gasteiger partial charge on any atom is 0.355 e. The number of carbonyl (C=O) groups excluding carboxylic acids is 5. The molecule has 2 amide bonds. The minimum Gasteiger partial charge on any atom is -0.460 e. The van der Waals surface area contributed by atoms with Gasteiger partial charge < -0.3 is 19.5 Å². The number of halogens is 1. The van der Waals surface area contributed by atoms with E-state index in [0.29, 0.717) is 11.1 Å². The molecule has 3 heterocycles. The van der Waals surface area contributed by atoms with Gasteiger partial charge in [0.1, 0.15) is 24.2 Å². The quantitative estimate of drug-likeness (QED) is 0.228. The Labute approximate surface area is 234 Å². The molecule has 38 heavy (non-hydrogen) atoms. The van der Waals surface area contributed by atoms with Gasteiger partial charge in [-0.2, -0.15) is 0 Å². The molecule has 1 fully saturated rings. The van der Waals surface area contributed by atoms with Gasteiger partial charge in [-0.05, 0) is 23.6 Å². The van der Waals surface area contributed by atoms with Gasteiger partial charge in [-0.1, -0.05) is 34.1 Å². The van der Waals surface area contributed by atoms with Gasteiger partial charge in [-0.25, -0.2) is 4.79 Å². The lowest BCUT2D eigenvalue weighted by Gasteiger charge is -2.48. The van der Waals surface area contributed by atoms with E-state index in [1.54, 1.807) is 24.3 Å². The number of carbonyl (C=O) groups is 5. The molecule has 0 unspecified atom stereocenters. The summed E-state index contributed by atoms with van der Waals surface area (Å²) in [7, 11) is 1.41. The van der Waals surface area contributed by atoms with Gasteiger partial charge in [0, 0.05) is 33.3 Å². The number of hydrogen-bond acceptors (Lipinski definition) is 10. The number of thioether (sulfide) groups is 1. The number of esters is 2. The van der Waals surface area contributed by atoms with Gasteiger partial charge in [-0.15, -0.1) is 23.1 Å². The van der Waals surface area contributed by atoms with Crippen molar-refractivity contribution in [3.8, 4) is 0 Å². The van der Waals surface area contributed by atoms with Crippen molar-refractivity contribution < 1.29 is 38.2 Å². The van der Waals surface area contributed by atoms with Crippen LogP contribution in [0.5, 0.6) is 0 Å². The first kappa shape index (κ1) is 28.0. The van der Waals surface area contributed by atoms with Crippen molar-refractivity contribution in [1.82, 2.24) is 10.2 Å². The van der Waals surface area contributed by atoms with Gasteiger partial charge in [0.2, 0.25) is 5.91 Å². The predicted molar refractivity (Wildman–Crippen MR) is 142 cm³/mol. The Morgan fingerprint density at radius 1 is 1.13 bits per heavy atom. The molecule has 1 aromatic heterocycles. The van der Waals surface area contributed by atoms with Gasteiger partial charge in [-0.3, -0.25) is 24.1 Å². The number of Topliss-reactive ketones (excluding diaryl/α,β-unsaturated/α-hetero) is 1. The fourth-order valence-corrected chi connectivity index (χ4v) is 6.09. The molecule has 13 heteroatoms. The molecular formula is C25H23BrN2O8S2. The number of benzene rings is 1. The minimum atomic E-state index is -0.876. The normalized spacial score (nSPS) is 18.4. The highest BCUT2D eigenvalue weighted by Gasteiger charge is 2.54. The summed E-state index contributed by atoms with van der Waals surface area (Å²) in [4.78, 5) is 64.6. The Balaban J connectivity index is 1.39. The zero-order chi connectivity index (χ0) is 27.2. The summed E-state index contributed by atoms with van der Waals surface area (Å²) in [6, 6.07) is 10.2. The topological polar surface area (TPSA) is 128 Å². The average Bonchev–Trinajstić information content (AvgIpc) is 3.42. The second kappa shape index (κ2) is 12.7. The van der Waals surface area contributed by atoms with E-state index in [4.69, 9.17) is 14.2 Å². The highest BCUT2D eigenvalue weighted by atomic mass is 79.9. The number of thiophene rings is 1. The smallest absolute Gasteiger partial charge is 0.355 e. The third-order valence-corrected chi connectivity index (χ3v) is 8.42. The molecule has 1 aromatic carbocycles. The van der Waals surface area contributed by atoms with Crippen molar-refractivity contribution in [2.45, 2.75) is 17.9 Å². The van der Waals surface area contributed by atoms with Crippen molar-refractivity contribution >= 4 is 68.6 Å². The number of rotatable bonds is 11. The third kappa shape index (κ3) is 6.52. The summed E-state index contributed by atoms with van der Waals surface area (Å²) in [5.41, 5.74) is 0.653. The molecule has 10 nitrogen and oxygen atoms in total. The van der Waals surface area contributed by atoms with Crippen molar-refractivity contribution in [3.63, 3.8) is 0 Å². The first-order valence-corrected chi connectivity index (χ1v) is 14.1. The van der Waals surface area contributed by atoms with Crippen LogP contribution in [0.2, 0.25) is 0 Å². The number of nitrogens with zero attached hydrogens (tertiary/aromatic N) is 1. The van der Waals surface area contributed by atoms with Gasteiger partial charge in [0.05, 0.1) is 6.42 Å². The van der Waals surface area contributed by atoms with Gasteiger partial charge in [0.15, 0.2) is 18.5 Å². The van der Waals surface area contributed by atoms with Crippen LogP contribution in [0, 0.1) is 0 Å². The van der Waals surface area contributed by atoms with Crippen molar-refractivity contribution in [3.05, 3.63) is 68.0 Å². The zero-order valence-corrected chi connectivity index (χ0v) is 23.4. The lowest BCUT2D eigenvalue weighted by Crippen LogP contribution is -2.65. The van der Waals surface area contributed by atoms with Crippen LogP contribution < -0.4 is 5.32 Å². The van der Waals surface area contributed by atoms with Crippen LogP contribution in [-0.2, 0) is 39.8 Å². The van der Waals surface area contributed by atoms with E-state index in [9.17, 15) is 24.0 Å². The summed E-state index contributed by atoms with van der Waals surface area (Å²) in [6.07, 6.45) is -0.559. The number of ketones is 1. The fraction of sp³-hybridized carbons (Fsp3) is 0.320. The van der Waals surface area contributed by atoms with E-state index in [1.165, 1.54) is 35.1 Å². The maximum atomic E-state index is 13.1. The van der Waals surface area contributed by atoms with Crippen LogP contribution >= 0.6 is 39.0 Å². The summed E-state index contributed by atoms with van der Waals surface area (Å²) in [5, 5.41) is 3.92.